The van der Waals surface area contributed by atoms with Crippen molar-refractivity contribution < 1.29 is 19.1 Å². The first-order valence-electron chi connectivity index (χ1n) is 8.99. The Morgan fingerprint density at radius 1 is 1.09 bits per heavy atom. The van der Waals surface area contributed by atoms with E-state index < -0.39 is 5.41 Å². The summed E-state index contributed by atoms with van der Waals surface area (Å²) >= 11 is 0. The van der Waals surface area contributed by atoms with Gasteiger partial charge in [-0.2, -0.15) is 0 Å². The standard InChI is InChI=1S/C18H33NO4/c1-4-18(2,3)17(21)23-14-6-13-22-16(20)8-5-7-15-9-11-19-12-10-15/h15,19H,4-14H2,1-3H3. The average Bonchev–Trinajstić information content (AvgIpc) is 2.55. The third kappa shape index (κ3) is 8.35. The molecular weight excluding hydrogens is 294 g/mol. The molecule has 0 bridgehead atoms. The van der Waals surface area contributed by atoms with Crippen LogP contribution in [0.5, 0.6) is 0 Å². The number of carbonyl (C=O) groups excluding carboxylic acids is 2. The van der Waals surface area contributed by atoms with Crippen molar-refractivity contribution in [3.8, 4) is 0 Å². The molecule has 0 amide bonds. The Hall–Kier alpha value is -1.10. The van der Waals surface area contributed by atoms with Crippen molar-refractivity contribution in [2.24, 2.45) is 11.3 Å². The molecule has 23 heavy (non-hydrogen) atoms. The lowest BCUT2D eigenvalue weighted by Crippen LogP contribution is -2.27. The van der Waals surface area contributed by atoms with E-state index in [0.29, 0.717) is 26.1 Å². The molecule has 1 saturated heterocycles. The molecule has 0 aromatic heterocycles. The van der Waals surface area contributed by atoms with Crippen LogP contribution in [-0.2, 0) is 19.1 Å². The summed E-state index contributed by atoms with van der Waals surface area (Å²) < 4.78 is 10.4. The first-order valence-corrected chi connectivity index (χ1v) is 8.99. The van der Waals surface area contributed by atoms with Crippen molar-refractivity contribution in [1.82, 2.24) is 5.32 Å². The van der Waals surface area contributed by atoms with E-state index in [1.807, 2.05) is 20.8 Å². The first-order chi connectivity index (χ1) is 11.0. The third-order valence-electron chi connectivity index (χ3n) is 4.67. The molecule has 1 aliphatic heterocycles. The average molecular weight is 327 g/mol. The summed E-state index contributed by atoms with van der Waals surface area (Å²) in [5.74, 6) is 0.429. The zero-order valence-corrected chi connectivity index (χ0v) is 15.0. The highest BCUT2D eigenvalue weighted by Gasteiger charge is 2.26. The number of hydrogen-bond donors (Lipinski definition) is 1. The van der Waals surface area contributed by atoms with E-state index in [-0.39, 0.29) is 11.9 Å². The van der Waals surface area contributed by atoms with Crippen molar-refractivity contribution in [3.63, 3.8) is 0 Å². The highest BCUT2D eigenvalue weighted by molar-refractivity contribution is 5.75. The Bertz CT molecular complexity index is 362. The number of esters is 2. The predicted octanol–water partition coefficient (Wildman–Crippen LogP) is 3.07. The van der Waals surface area contributed by atoms with Crippen LogP contribution >= 0.6 is 0 Å². The molecule has 0 spiro atoms. The van der Waals surface area contributed by atoms with Crippen LogP contribution in [0.4, 0.5) is 0 Å². The zero-order chi connectivity index (χ0) is 17.1. The molecule has 0 radical (unpaired) electrons. The second kappa shape index (κ2) is 10.6. The van der Waals surface area contributed by atoms with Gasteiger partial charge in [0.1, 0.15) is 0 Å². The van der Waals surface area contributed by atoms with Crippen LogP contribution in [0.1, 0.15) is 65.7 Å². The van der Waals surface area contributed by atoms with Gasteiger partial charge >= 0.3 is 11.9 Å². The van der Waals surface area contributed by atoms with Gasteiger partial charge in [-0.3, -0.25) is 9.59 Å². The van der Waals surface area contributed by atoms with Gasteiger partial charge in [0.05, 0.1) is 18.6 Å². The Labute approximate surface area is 140 Å². The summed E-state index contributed by atoms with van der Waals surface area (Å²) in [6, 6.07) is 0. The smallest absolute Gasteiger partial charge is 0.311 e. The van der Waals surface area contributed by atoms with E-state index >= 15 is 0 Å². The fourth-order valence-electron chi connectivity index (χ4n) is 2.53. The largest absolute Gasteiger partial charge is 0.466 e. The summed E-state index contributed by atoms with van der Waals surface area (Å²) in [6.45, 7) is 8.55. The molecule has 0 aliphatic carbocycles. The molecule has 0 aromatic rings. The monoisotopic (exact) mass is 327 g/mol. The van der Waals surface area contributed by atoms with E-state index in [1.165, 1.54) is 12.8 Å². The SMILES string of the molecule is CCC(C)(C)C(=O)OCCCOC(=O)CCCC1CCNCC1. The summed E-state index contributed by atoms with van der Waals surface area (Å²) in [5, 5.41) is 3.35. The Balaban J connectivity index is 1.98. The zero-order valence-electron chi connectivity index (χ0n) is 15.0. The maximum Gasteiger partial charge on any atom is 0.311 e. The Morgan fingerprint density at radius 3 is 2.39 bits per heavy atom. The Morgan fingerprint density at radius 2 is 1.74 bits per heavy atom. The van der Waals surface area contributed by atoms with Crippen LogP contribution in [0.25, 0.3) is 0 Å². The van der Waals surface area contributed by atoms with E-state index in [9.17, 15) is 9.59 Å². The second-order valence-electron chi connectivity index (χ2n) is 7.03. The van der Waals surface area contributed by atoms with Crippen LogP contribution in [0, 0.1) is 11.3 Å². The molecule has 1 fully saturated rings. The van der Waals surface area contributed by atoms with E-state index in [1.54, 1.807) is 0 Å². The summed E-state index contributed by atoms with van der Waals surface area (Å²) in [6.07, 6.45) is 6.25. The summed E-state index contributed by atoms with van der Waals surface area (Å²) in [4.78, 5) is 23.4. The van der Waals surface area contributed by atoms with Crippen LogP contribution in [0.3, 0.4) is 0 Å². The third-order valence-corrected chi connectivity index (χ3v) is 4.67. The van der Waals surface area contributed by atoms with Crippen LogP contribution in [0.2, 0.25) is 0 Å². The van der Waals surface area contributed by atoms with Gasteiger partial charge < -0.3 is 14.8 Å². The van der Waals surface area contributed by atoms with Gasteiger partial charge in [0.25, 0.3) is 0 Å². The first kappa shape index (κ1) is 19.9. The van der Waals surface area contributed by atoms with Crippen molar-refractivity contribution in [2.45, 2.75) is 65.7 Å². The Kier molecular flexibility index (Phi) is 9.22. The fraction of sp³-hybridized carbons (Fsp3) is 0.889. The van der Waals surface area contributed by atoms with Crippen LogP contribution in [-0.4, -0.2) is 38.2 Å². The minimum absolute atomic E-state index is 0.140. The molecule has 5 heteroatoms. The number of hydrogen-bond acceptors (Lipinski definition) is 5. The molecule has 0 unspecified atom stereocenters. The summed E-state index contributed by atoms with van der Waals surface area (Å²) in [7, 11) is 0. The number of piperidine rings is 1. The minimum Gasteiger partial charge on any atom is -0.466 e. The number of nitrogens with one attached hydrogen (secondary N) is 1. The van der Waals surface area contributed by atoms with Crippen LogP contribution < -0.4 is 5.32 Å². The molecule has 1 rings (SSSR count). The quantitative estimate of drug-likeness (QED) is 0.493. The van der Waals surface area contributed by atoms with Crippen molar-refractivity contribution >= 4 is 11.9 Å². The van der Waals surface area contributed by atoms with Crippen molar-refractivity contribution in [2.75, 3.05) is 26.3 Å². The molecule has 1 aliphatic rings. The molecule has 0 aromatic carbocycles. The normalized spacial score (nSPS) is 16.1. The molecule has 0 saturated carbocycles. The lowest BCUT2D eigenvalue weighted by atomic mass is 9.91. The van der Waals surface area contributed by atoms with Crippen LogP contribution in [0.15, 0.2) is 0 Å². The fourth-order valence-corrected chi connectivity index (χ4v) is 2.53. The highest BCUT2D eigenvalue weighted by atomic mass is 16.5. The lowest BCUT2D eigenvalue weighted by Gasteiger charge is -2.22. The van der Waals surface area contributed by atoms with Gasteiger partial charge in [0.15, 0.2) is 0 Å². The van der Waals surface area contributed by atoms with Gasteiger partial charge in [-0.05, 0) is 65.0 Å². The molecule has 1 N–H and O–H groups in total. The van der Waals surface area contributed by atoms with Gasteiger partial charge in [-0.25, -0.2) is 0 Å². The molecular formula is C18H33NO4. The van der Waals surface area contributed by atoms with E-state index in [4.69, 9.17) is 9.47 Å². The lowest BCUT2D eigenvalue weighted by molar-refractivity contribution is -0.154. The topological polar surface area (TPSA) is 64.6 Å². The van der Waals surface area contributed by atoms with Gasteiger partial charge in [-0.15, -0.1) is 0 Å². The maximum absolute atomic E-state index is 11.8. The van der Waals surface area contributed by atoms with E-state index in [2.05, 4.69) is 5.32 Å². The molecule has 1 heterocycles. The van der Waals surface area contributed by atoms with Gasteiger partial charge in [-0.1, -0.05) is 6.92 Å². The number of ether oxygens (including phenoxy) is 2. The summed E-state index contributed by atoms with van der Waals surface area (Å²) in [5.41, 5.74) is -0.439. The van der Waals surface area contributed by atoms with E-state index in [0.717, 1.165) is 38.3 Å². The predicted molar refractivity (Wildman–Crippen MR) is 90.1 cm³/mol. The minimum atomic E-state index is -0.439. The number of carbonyl (C=O) groups is 2. The maximum atomic E-state index is 11.8. The second-order valence-corrected chi connectivity index (χ2v) is 7.03. The van der Waals surface area contributed by atoms with Gasteiger partial charge in [0.2, 0.25) is 0 Å². The molecule has 0 atom stereocenters. The van der Waals surface area contributed by atoms with Gasteiger partial charge in [0, 0.05) is 12.8 Å². The number of rotatable bonds is 10. The van der Waals surface area contributed by atoms with Crippen molar-refractivity contribution in [1.29, 1.82) is 0 Å². The highest BCUT2D eigenvalue weighted by Crippen LogP contribution is 2.21. The molecule has 134 valence electrons. The van der Waals surface area contributed by atoms with Crippen molar-refractivity contribution in [3.05, 3.63) is 0 Å². The molecule has 5 nitrogen and oxygen atoms in total.